The average molecular weight is 271 g/mol. The van der Waals surface area contributed by atoms with Crippen molar-refractivity contribution in [2.75, 3.05) is 30.9 Å². The van der Waals surface area contributed by atoms with Crippen LogP contribution in [0, 0.1) is 0 Å². The van der Waals surface area contributed by atoms with E-state index in [1.807, 2.05) is 0 Å². The third kappa shape index (κ3) is 2.99. The number of anilines is 1. The van der Waals surface area contributed by atoms with E-state index >= 15 is 0 Å². The first-order chi connectivity index (χ1) is 8.63. The summed E-state index contributed by atoms with van der Waals surface area (Å²) in [6.45, 7) is 2.03. The zero-order valence-electron chi connectivity index (χ0n) is 9.96. The van der Waals surface area contributed by atoms with E-state index in [2.05, 4.69) is 10.0 Å². The van der Waals surface area contributed by atoms with Crippen LogP contribution in [0.3, 0.4) is 0 Å². The smallest absolute Gasteiger partial charge is 0.301 e. The van der Waals surface area contributed by atoms with Crippen LogP contribution in [0.4, 0.5) is 5.69 Å². The fraction of sp³-hybridized carbons (Fsp3) is 0.455. The molecular formula is C11H17N3O3S. The fourth-order valence-electron chi connectivity index (χ4n) is 1.85. The molecule has 0 atom stereocenters. The van der Waals surface area contributed by atoms with Gasteiger partial charge in [0.25, 0.3) is 0 Å². The van der Waals surface area contributed by atoms with Crippen molar-refractivity contribution >= 4 is 15.9 Å². The van der Waals surface area contributed by atoms with Gasteiger partial charge in [0.15, 0.2) is 0 Å². The summed E-state index contributed by atoms with van der Waals surface area (Å²) in [5, 5.41) is 12.3. The van der Waals surface area contributed by atoms with Crippen molar-refractivity contribution in [2.45, 2.75) is 6.61 Å². The first-order valence-corrected chi connectivity index (χ1v) is 7.25. The number of benzene rings is 1. The van der Waals surface area contributed by atoms with E-state index in [0.29, 0.717) is 37.4 Å². The van der Waals surface area contributed by atoms with Crippen LogP contribution in [0.15, 0.2) is 24.3 Å². The molecule has 18 heavy (non-hydrogen) atoms. The Bertz CT molecular complexity index is 498. The Kier molecular flexibility index (Phi) is 4.18. The molecule has 7 heteroatoms. The monoisotopic (exact) mass is 271 g/mol. The lowest BCUT2D eigenvalue weighted by Gasteiger charge is -2.27. The Morgan fingerprint density at radius 1 is 1.28 bits per heavy atom. The number of nitrogens with one attached hydrogen (secondary N) is 2. The second-order valence-corrected chi connectivity index (χ2v) is 5.74. The summed E-state index contributed by atoms with van der Waals surface area (Å²) in [7, 11) is -3.54. The molecule has 0 radical (unpaired) electrons. The number of hydrogen-bond acceptors (Lipinski definition) is 4. The molecule has 3 N–H and O–H groups in total. The van der Waals surface area contributed by atoms with Gasteiger partial charge in [-0.3, -0.25) is 4.72 Å². The van der Waals surface area contributed by atoms with Gasteiger partial charge < -0.3 is 10.4 Å². The molecule has 1 fully saturated rings. The van der Waals surface area contributed by atoms with Crippen LogP contribution in [0.25, 0.3) is 0 Å². The first kappa shape index (κ1) is 13.3. The van der Waals surface area contributed by atoms with Gasteiger partial charge in [0.1, 0.15) is 0 Å². The summed E-state index contributed by atoms with van der Waals surface area (Å²) < 4.78 is 28.2. The maximum Gasteiger partial charge on any atom is 0.301 e. The molecule has 0 saturated carbocycles. The van der Waals surface area contributed by atoms with Crippen molar-refractivity contribution in [1.29, 1.82) is 0 Å². The topological polar surface area (TPSA) is 81.7 Å². The molecule has 0 aliphatic carbocycles. The van der Waals surface area contributed by atoms with Crippen molar-refractivity contribution in [2.24, 2.45) is 0 Å². The zero-order chi connectivity index (χ0) is 13.0. The summed E-state index contributed by atoms with van der Waals surface area (Å²) in [5.74, 6) is 0. The molecule has 1 aliphatic rings. The van der Waals surface area contributed by atoms with Gasteiger partial charge in [-0.2, -0.15) is 12.7 Å². The molecule has 1 aliphatic heterocycles. The standard InChI is InChI=1S/C11H17N3O3S/c15-9-10-3-1-2-4-11(10)13-18(16,17)14-7-5-12-6-8-14/h1-4,12-13,15H,5-9H2. The van der Waals surface area contributed by atoms with Crippen LogP contribution in [-0.4, -0.2) is 44.0 Å². The van der Waals surface area contributed by atoms with Gasteiger partial charge in [0.2, 0.25) is 0 Å². The predicted molar refractivity (Wildman–Crippen MR) is 69.4 cm³/mol. The van der Waals surface area contributed by atoms with Gasteiger partial charge in [0.05, 0.1) is 12.3 Å². The summed E-state index contributed by atoms with van der Waals surface area (Å²) in [6, 6.07) is 6.82. The van der Waals surface area contributed by atoms with Crippen LogP contribution >= 0.6 is 0 Å². The van der Waals surface area contributed by atoms with Crippen molar-refractivity contribution in [1.82, 2.24) is 9.62 Å². The van der Waals surface area contributed by atoms with Gasteiger partial charge >= 0.3 is 10.2 Å². The van der Waals surface area contributed by atoms with Gasteiger partial charge in [-0.15, -0.1) is 0 Å². The zero-order valence-corrected chi connectivity index (χ0v) is 10.8. The molecule has 2 rings (SSSR count). The number of para-hydroxylation sites is 1. The fourth-order valence-corrected chi connectivity index (χ4v) is 3.12. The maximum atomic E-state index is 12.1. The van der Waals surface area contributed by atoms with E-state index in [1.54, 1.807) is 24.3 Å². The number of piperazine rings is 1. The minimum atomic E-state index is -3.54. The van der Waals surface area contributed by atoms with Gasteiger partial charge in [0, 0.05) is 31.7 Å². The number of aliphatic hydroxyl groups excluding tert-OH is 1. The molecule has 1 saturated heterocycles. The molecule has 6 nitrogen and oxygen atoms in total. The third-order valence-corrected chi connectivity index (χ3v) is 4.37. The highest BCUT2D eigenvalue weighted by Crippen LogP contribution is 2.17. The van der Waals surface area contributed by atoms with Gasteiger partial charge in [-0.25, -0.2) is 0 Å². The molecule has 0 spiro atoms. The van der Waals surface area contributed by atoms with E-state index < -0.39 is 10.2 Å². The summed E-state index contributed by atoms with van der Waals surface area (Å²) in [4.78, 5) is 0. The lowest BCUT2D eigenvalue weighted by atomic mass is 10.2. The molecule has 0 amide bonds. The molecule has 1 heterocycles. The maximum absolute atomic E-state index is 12.1. The van der Waals surface area contributed by atoms with Gasteiger partial charge in [-0.1, -0.05) is 18.2 Å². The van der Waals surface area contributed by atoms with Crippen LogP contribution in [0.1, 0.15) is 5.56 Å². The number of aliphatic hydroxyl groups is 1. The number of hydrogen-bond donors (Lipinski definition) is 3. The molecule has 1 aromatic rings. The Labute approximate surface area is 107 Å². The lowest BCUT2D eigenvalue weighted by Crippen LogP contribution is -2.48. The number of rotatable bonds is 4. The molecule has 0 unspecified atom stereocenters. The molecule has 1 aromatic carbocycles. The Morgan fingerprint density at radius 3 is 2.61 bits per heavy atom. The second kappa shape index (κ2) is 5.66. The predicted octanol–water partition coefficient (Wildman–Crippen LogP) is -0.259. The highest BCUT2D eigenvalue weighted by atomic mass is 32.2. The van der Waals surface area contributed by atoms with Crippen LogP contribution in [-0.2, 0) is 16.8 Å². The van der Waals surface area contributed by atoms with E-state index in [4.69, 9.17) is 5.11 Å². The Morgan fingerprint density at radius 2 is 1.94 bits per heavy atom. The van der Waals surface area contributed by atoms with Gasteiger partial charge in [-0.05, 0) is 6.07 Å². The average Bonchev–Trinajstić information content (AvgIpc) is 2.40. The molecule has 0 bridgehead atoms. The van der Waals surface area contributed by atoms with Crippen molar-refractivity contribution in [3.63, 3.8) is 0 Å². The minimum Gasteiger partial charge on any atom is -0.392 e. The number of nitrogens with zero attached hydrogens (tertiary/aromatic N) is 1. The van der Waals surface area contributed by atoms with Crippen molar-refractivity contribution in [3.8, 4) is 0 Å². The minimum absolute atomic E-state index is 0.194. The Balaban J connectivity index is 2.16. The quantitative estimate of drug-likeness (QED) is 0.705. The van der Waals surface area contributed by atoms with Crippen molar-refractivity contribution < 1.29 is 13.5 Å². The summed E-state index contributed by atoms with van der Waals surface area (Å²) >= 11 is 0. The van der Waals surface area contributed by atoms with E-state index in [9.17, 15) is 8.42 Å². The van der Waals surface area contributed by atoms with Crippen LogP contribution < -0.4 is 10.0 Å². The molecule has 0 aromatic heterocycles. The van der Waals surface area contributed by atoms with Crippen molar-refractivity contribution in [3.05, 3.63) is 29.8 Å². The summed E-state index contributed by atoms with van der Waals surface area (Å²) in [6.07, 6.45) is 0. The first-order valence-electron chi connectivity index (χ1n) is 5.81. The largest absolute Gasteiger partial charge is 0.392 e. The molecule has 100 valence electrons. The summed E-state index contributed by atoms with van der Waals surface area (Å²) in [5.41, 5.74) is 0.995. The van der Waals surface area contributed by atoms with E-state index in [0.717, 1.165) is 0 Å². The normalized spacial score (nSPS) is 17.6. The SMILES string of the molecule is O=S(=O)(Nc1ccccc1CO)N1CCNCC1. The lowest BCUT2D eigenvalue weighted by molar-refractivity contribution is 0.282. The van der Waals surface area contributed by atoms with E-state index in [-0.39, 0.29) is 6.61 Å². The highest BCUT2D eigenvalue weighted by molar-refractivity contribution is 7.90. The highest BCUT2D eigenvalue weighted by Gasteiger charge is 2.24. The molecular weight excluding hydrogens is 254 g/mol. The van der Waals surface area contributed by atoms with Crippen LogP contribution in [0.2, 0.25) is 0 Å². The second-order valence-electron chi connectivity index (χ2n) is 4.07. The van der Waals surface area contributed by atoms with Crippen LogP contribution in [0.5, 0.6) is 0 Å². The third-order valence-electron chi connectivity index (χ3n) is 2.84. The Hall–Kier alpha value is -1.15. The van der Waals surface area contributed by atoms with E-state index in [1.165, 1.54) is 4.31 Å².